The van der Waals surface area contributed by atoms with Gasteiger partial charge in [-0.05, 0) is 80.8 Å². The Morgan fingerprint density at radius 2 is 1.62 bits per heavy atom. The maximum atomic E-state index is 14.6. The lowest BCUT2D eigenvalue weighted by Crippen LogP contribution is -2.60. The van der Waals surface area contributed by atoms with Gasteiger partial charge in [-0.15, -0.1) is 0 Å². The summed E-state index contributed by atoms with van der Waals surface area (Å²) in [5, 5.41) is 23.9. The van der Waals surface area contributed by atoms with Crippen LogP contribution >= 0.6 is 0 Å². The molecule has 4 saturated heterocycles. The van der Waals surface area contributed by atoms with Crippen LogP contribution in [0.4, 0.5) is 0 Å². The van der Waals surface area contributed by atoms with Crippen LogP contribution in [-0.4, -0.2) is 145 Å². The van der Waals surface area contributed by atoms with Crippen LogP contribution in [0.25, 0.3) is 0 Å². The number of hydrogen-bond acceptors (Lipinski definition) is 15. The van der Waals surface area contributed by atoms with E-state index in [9.17, 15) is 24.6 Å². The topological polar surface area (TPSA) is 178 Å². The molecule has 4 aliphatic heterocycles. The zero-order valence-electron chi connectivity index (χ0n) is 36.3. The van der Waals surface area contributed by atoms with Crippen molar-refractivity contribution in [3.63, 3.8) is 0 Å². The zero-order valence-corrected chi connectivity index (χ0v) is 36.3. The molecule has 0 amide bonds. The van der Waals surface area contributed by atoms with Crippen LogP contribution < -0.4 is 0 Å². The fraction of sp³-hybridized carbons (Fsp3) is 0.927. The number of hydrogen-bond donors (Lipinski definition) is 2. The minimum atomic E-state index is -1.81. The highest BCUT2D eigenvalue weighted by atomic mass is 16.7. The Hall–Kier alpha value is -1.95. The Morgan fingerprint density at radius 1 is 0.982 bits per heavy atom. The molecule has 0 aliphatic carbocycles. The summed E-state index contributed by atoms with van der Waals surface area (Å²) in [7, 11) is 5.35. The summed E-state index contributed by atoms with van der Waals surface area (Å²) in [6, 6.07) is -0.243. The van der Waals surface area contributed by atoms with E-state index in [1.807, 2.05) is 60.5 Å². The number of carbonyl (C=O) groups is 3. The zero-order chi connectivity index (χ0) is 42.2. The summed E-state index contributed by atoms with van der Waals surface area (Å²) < 4.78 is 57.1. The third kappa shape index (κ3) is 9.73. The second-order valence-electron chi connectivity index (χ2n) is 17.9. The van der Waals surface area contributed by atoms with Gasteiger partial charge >= 0.3 is 17.9 Å². The smallest absolute Gasteiger partial charge is 0.311 e. The van der Waals surface area contributed by atoms with E-state index < -0.39 is 114 Å². The summed E-state index contributed by atoms with van der Waals surface area (Å²) in [6.07, 6.45) is -7.48. The molecule has 19 atom stereocenters. The highest BCUT2D eigenvalue weighted by Gasteiger charge is 2.59. The first-order valence-corrected chi connectivity index (χ1v) is 20.4. The number of cyclic esters (lactones) is 1. The third-order valence-electron chi connectivity index (χ3n) is 12.9. The molecule has 4 fully saturated rings. The van der Waals surface area contributed by atoms with Crippen molar-refractivity contribution < 1.29 is 67.2 Å². The molecule has 0 radical (unpaired) electrons. The number of nitrogens with zero attached hydrogens (tertiary/aromatic N) is 1. The maximum Gasteiger partial charge on any atom is 0.311 e. The lowest BCUT2D eigenvalue weighted by Gasteiger charge is -2.49. The summed E-state index contributed by atoms with van der Waals surface area (Å²) >= 11 is 0. The molecule has 0 spiro atoms. The van der Waals surface area contributed by atoms with Gasteiger partial charge in [-0.3, -0.25) is 14.4 Å². The molecule has 4 heterocycles. The molecule has 7 unspecified atom stereocenters. The van der Waals surface area contributed by atoms with Crippen molar-refractivity contribution in [1.29, 1.82) is 0 Å². The van der Waals surface area contributed by atoms with Gasteiger partial charge in [-0.2, -0.15) is 0 Å². The molecule has 0 saturated carbocycles. The summed E-state index contributed by atoms with van der Waals surface area (Å²) in [4.78, 5) is 40.8. The number of ether oxygens (including phenoxy) is 9. The molecule has 324 valence electrons. The lowest BCUT2D eigenvalue weighted by molar-refractivity contribution is -0.319. The first-order chi connectivity index (χ1) is 25.9. The summed E-state index contributed by atoms with van der Waals surface area (Å²) in [6.45, 7) is 20.9. The SMILES string of the molecule is CC[C@@H](OC(C)=O)[C@@](C)(O)[C@@H]1OC(=O)[C@H](C)[C@@H](O[C@H]2CC(C)(OC)[C@H](OC(C)=O)C(C)O2)[C@H](C)[C@@H](O[C@@H]2OC(C)CC(N(C)C)C2O)[C@@]2(C)CC(C)C(O2)[C@@H]1C. The monoisotopic (exact) mass is 801 g/mol. The van der Waals surface area contributed by atoms with Gasteiger partial charge in [0.1, 0.15) is 29.5 Å². The van der Waals surface area contributed by atoms with Crippen molar-refractivity contribution in [1.82, 2.24) is 4.90 Å². The average molecular weight is 802 g/mol. The molecule has 4 rings (SSSR count). The van der Waals surface area contributed by atoms with Gasteiger partial charge < -0.3 is 57.7 Å². The minimum absolute atomic E-state index is 0.107. The van der Waals surface area contributed by atoms with Crippen LogP contribution in [-0.2, 0) is 57.0 Å². The van der Waals surface area contributed by atoms with Gasteiger partial charge in [-0.1, -0.05) is 27.7 Å². The van der Waals surface area contributed by atoms with Crippen molar-refractivity contribution in [2.75, 3.05) is 21.2 Å². The minimum Gasteiger partial charge on any atom is -0.459 e. The van der Waals surface area contributed by atoms with Crippen molar-refractivity contribution in [3.8, 4) is 0 Å². The van der Waals surface area contributed by atoms with E-state index in [1.54, 1.807) is 20.8 Å². The molecule has 2 bridgehead atoms. The number of aliphatic hydroxyl groups is 2. The fourth-order valence-corrected chi connectivity index (χ4v) is 9.99. The van der Waals surface area contributed by atoms with Crippen molar-refractivity contribution in [2.45, 2.75) is 199 Å². The first kappa shape index (κ1) is 46.7. The molecule has 15 nitrogen and oxygen atoms in total. The van der Waals surface area contributed by atoms with E-state index in [1.165, 1.54) is 27.9 Å². The number of likely N-dealkylation sites (N-methyl/N-ethyl adjacent to an activating group) is 1. The molecule has 56 heavy (non-hydrogen) atoms. The Bertz CT molecular complexity index is 1360. The quantitative estimate of drug-likeness (QED) is 0.228. The molecule has 4 aliphatic rings. The van der Waals surface area contributed by atoms with Crippen LogP contribution in [0.2, 0.25) is 0 Å². The highest BCUT2D eigenvalue weighted by molar-refractivity contribution is 5.73. The van der Waals surface area contributed by atoms with E-state index >= 15 is 0 Å². The molecular weight excluding hydrogens is 730 g/mol. The Balaban J connectivity index is 1.84. The second kappa shape index (κ2) is 18.1. The highest BCUT2D eigenvalue weighted by Crippen LogP contribution is 2.49. The molecule has 0 aromatic rings. The van der Waals surface area contributed by atoms with Crippen molar-refractivity contribution in [3.05, 3.63) is 0 Å². The van der Waals surface area contributed by atoms with Gasteiger partial charge in [-0.25, -0.2) is 0 Å². The van der Waals surface area contributed by atoms with Crippen LogP contribution in [0.15, 0.2) is 0 Å². The van der Waals surface area contributed by atoms with E-state index in [4.69, 9.17) is 42.6 Å². The normalized spacial score (nSPS) is 45.2. The molecule has 0 aromatic heterocycles. The van der Waals surface area contributed by atoms with Crippen LogP contribution in [0.5, 0.6) is 0 Å². The Morgan fingerprint density at radius 3 is 2.18 bits per heavy atom. The predicted molar refractivity (Wildman–Crippen MR) is 203 cm³/mol. The number of fused-ring (bicyclic) bond motifs is 2. The Kier molecular flexibility index (Phi) is 15.1. The number of esters is 3. The van der Waals surface area contributed by atoms with E-state index in [0.717, 1.165) is 0 Å². The summed E-state index contributed by atoms with van der Waals surface area (Å²) in [5.74, 6) is -3.97. The maximum absolute atomic E-state index is 14.6. The van der Waals surface area contributed by atoms with E-state index in [0.29, 0.717) is 12.8 Å². The third-order valence-corrected chi connectivity index (χ3v) is 12.9. The van der Waals surface area contributed by atoms with Crippen LogP contribution in [0, 0.1) is 23.7 Å². The summed E-state index contributed by atoms with van der Waals surface area (Å²) in [5.41, 5.74) is -3.83. The van der Waals surface area contributed by atoms with Crippen molar-refractivity contribution in [2.24, 2.45) is 23.7 Å². The second-order valence-corrected chi connectivity index (χ2v) is 17.9. The van der Waals surface area contributed by atoms with Crippen LogP contribution in [0.3, 0.4) is 0 Å². The number of rotatable bonds is 11. The number of methoxy groups -OCH3 is 1. The fourth-order valence-electron chi connectivity index (χ4n) is 9.99. The first-order valence-electron chi connectivity index (χ1n) is 20.4. The molecule has 2 N–H and O–H groups in total. The molecule has 15 heteroatoms. The Labute approximate surface area is 333 Å². The van der Waals surface area contributed by atoms with Gasteiger partial charge in [0, 0.05) is 45.3 Å². The van der Waals surface area contributed by atoms with E-state index in [-0.39, 0.29) is 30.9 Å². The van der Waals surface area contributed by atoms with Gasteiger partial charge in [0.05, 0.1) is 42.0 Å². The van der Waals surface area contributed by atoms with Gasteiger partial charge in [0.2, 0.25) is 0 Å². The van der Waals surface area contributed by atoms with Crippen molar-refractivity contribution >= 4 is 17.9 Å². The lowest BCUT2D eigenvalue weighted by atomic mass is 9.76. The van der Waals surface area contributed by atoms with E-state index in [2.05, 4.69) is 0 Å². The van der Waals surface area contributed by atoms with Gasteiger partial charge in [0.15, 0.2) is 18.7 Å². The van der Waals surface area contributed by atoms with Gasteiger partial charge in [0.25, 0.3) is 0 Å². The molecular formula is C41H71NO14. The van der Waals surface area contributed by atoms with Crippen LogP contribution in [0.1, 0.15) is 109 Å². The molecule has 0 aromatic carbocycles. The average Bonchev–Trinajstić information content (AvgIpc) is 3.42. The largest absolute Gasteiger partial charge is 0.459 e. The number of carbonyl (C=O) groups excluding carboxylic acids is 3. The predicted octanol–water partition coefficient (Wildman–Crippen LogP) is 3.76. The number of aliphatic hydroxyl groups excluding tert-OH is 1. The standard InChI is InChI=1S/C41H71NO14/c1-16-29(51-26(8)43)41(12,47)35-22(4)32-20(2)18-40(11,56-32)34(55-38-31(45)28(42(13)14)17-21(3)49-38)23(5)33(24(6)37(46)54-35)53-30-19-39(10,48-15)36(25(7)50-30)52-27(9)44/h20-25,28-36,38,45,47H,16-19H2,1-15H3/t20?,21?,22-,23-,24+,25?,28?,29+,30-,31?,32?,33-,34+,35+,36+,38-,39?,40+,41+/m0/s1.